The van der Waals surface area contributed by atoms with Crippen LogP contribution in [0, 0.1) is 0 Å². The van der Waals surface area contributed by atoms with Gasteiger partial charge in [0.2, 0.25) is 0 Å². The van der Waals surface area contributed by atoms with Crippen molar-refractivity contribution in [1.29, 1.82) is 0 Å². The lowest BCUT2D eigenvalue weighted by molar-refractivity contribution is -0.118. The monoisotopic (exact) mass is 178 g/mol. The number of rotatable bonds is 4. The van der Waals surface area contributed by atoms with Crippen molar-refractivity contribution in [2.24, 2.45) is 0 Å². The van der Waals surface area contributed by atoms with Crippen molar-refractivity contribution in [3.8, 4) is 5.75 Å². The fourth-order valence-electron chi connectivity index (χ4n) is 1.17. The van der Waals surface area contributed by atoms with Gasteiger partial charge in [0.1, 0.15) is 11.5 Å². The Morgan fingerprint density at radius 1 is 1.38 bits per heavy atom. The zero-order valence-corrected chi connectivity index (χ0v) is 7.79. The minimum atomic E-state index is 0.239. The molecule has 1 aromatic carbocycles. The number of para-hydroxylation sites is 1. The molecule has 0 radical (unpaired) electrons. The lowest BCUT2D eigenvalue weighted by Gasteiger charge is -2.02. The van der Waals surface area contributed by atoms with Crippen molar-refractivity contribution in [3.05, 3.63) is 29.8 Å². The first-order chi connectivity index (χ1) is 6.24. The summed E-state index contributed by atoms with van der Waals surface area (Å²) in [5, 5.41) is 9.38. The van der Waals surface area contributed by atoms with E-state index in [0.29, 0.717) is 19.3 Å². The Morgan fingerprint density at radius 2 is 2.08 bits per heavy atom. The van der Waals surface area contributed by atoms with E-state index in [-0.39, 0.29) is 11.5 Å². The van der Waals surface area contributed by atoms with Gasteiger partial charge in [-0.1, -0.05) is 25.1 Å². The van der Waals surface area contributed by atoms with Crippen molar-refractivity contribution in [2.45, 2.75) is 26.2 Å². The summed E-state index contributed by atoms with van der Waals surface area (Å²) in [6.45, 7) is 1.85. The van der Waals surface area contributed by atoms with Gasteiger partial charge in [-0.05, 0) is 18.1 Å². The van der Waals surface area contributed by atoms with Gasteiger partial charge in [0.15, 0.2) is 0 Å². The van der Waals surface area contributed by atoms with Gasteiger partial charge in [-0.3, -0.25) is 4.79 Å². The van der Waals surface area contributed by atoms with E-state index in [0.717, 1.165) is 5.56 Å². The number of phenolic OH excluding ortho intramolecular Hbond substituents is 1. The molecule has 0 aliphatic carbocycles. The van der Waals surface area contributed by atoms with Gasteiger partial charge in [-0.25, -0.2) is 0 Å². The fraction of sp³-hybridized carbons (Fsp3) is 0.364. The highest BCUT2D eigenvalue weighted by atomic mass is 16.3. The first-order valence-electron chi connectivity index (χ1n) is 4.52. The quantitative estimate of drug-likeness (QED) is 0.768. The van der Waals surface area contributed by atoms with E-state index in [2.05, 4.69) is 0 Å². The van der Waals surface area contributed by atoms with Crippen molar-refractivity contribution in [2.75, 3.05) is 0 Å². The van der Waals surface area contributed by atoms with Crippen LogP contribution in [0.1, 0.15) is 25.3 Å². The number of hydrogen-bond donors (Lipinski definition) is 1. The van der Waals surface area contributed by atoms with Gasteiger partial charge in [-0.2, -0.15) is 0 Å². The van der Waals surface area contributed by atoms with Gasteiger partial charge >= 0.3 is 0 Å². The Morgan fingerprint density at radius 3 is 2.69 bits per heavy atom. The van der Waals surface area contributed by atoms with E-state index in [9.17, 15) is 9.90 Å². The van der Waals surface area contributed by atoms with E-state index < -0.39 is 0 Å². The molecule has 2 nitrogen and oxygen atoms in total. The predicted molar refractivity (Wildman–Crippen MR) is 51.7 cm³/mol. The molecule has 0 saturated carbocycles. The summed E-state index contributed by atoms with van der Waals surface area (Å²) in [4.78, 5) is 11.0. The normalized spacial score (nSPS) is 9.92. The third-order valence-electron chi connectivity index (χ3n) is 2.06. The summed E-state index contributed by atoms with van der Waals surface area (Å²) in [6, 6.07) is 7.13. The van der Waals surface area contributed by atoms with Gasteiger partial charge in [0.25, 0.3) is 0 Å². The number of aromatic hydroxyl groups is 1. The minimum Gasteiger partial charge on any atom is -0.508 e. The molecule has 0 fully saturated rings. The van der Waals surface area contributed by atoms with Gasteiger partial charge in [0, 0.05) is 12.8 Å². The summed E-state index contributed by atoms with van der Waals surface area (Å²) >= 11 is 0. The van der Waals surface area contributed by atoms with Crippen LogP contribution in [0.3, 0.4) is 0 Å². The Labute approximate surface area is 78.2 Å². The van der Waals surface area contributed by atoms with Crippen LogP contribution in [-0.2, 0) is 11.2 Å². The number of hydrogen-bond acceptors (Lipinski definition) is 2. The maximum atomic E-state index is 11.0. The summed E-state index contributed by atoms with van der Waals surface area (Å²) in [7, 11) is 0. The van der Waals surface area contributed by atoms with Gasteiger partial charge in [0.05, 0.1) is 0 Å². The van der Waals surface area contributed by atoms with Crippen LogP contribution < -0.4 is 0 Å². The first-order valence-corrected chi connectivity index (χ1v) is 4.52. The Hall–Kier alpha value is -1.31. The van der Waals surface area contributed by atoms with Crippen LogP contribution >= 0.6 is 0 Å². The predicted octanol–water partition coefficient (Wildman–Crippen LogP) is 2.30. The van der Waals surface area contributed by atoms with E-state index in [1.54, 1.807) is 12.1 Å². The highest BCUT2D eigenvalue weighted by Gasteiger charge is 2.02. The van der Waals surface area contributed by atoms with Crippen LogP contribution in [0.4, 0.5) is 0 Å². The standard InChI is InChI=1S/C11H14O2/c1-2-10(12)8-7-9-5-3-4-6-11(9)13/h3-6,13H,2,7-8H2,1H3. The molecule has 1 aromatic rings. The molecule has 1 N–H and O–H groups in total. The molecule has 0 aliphatic rings. The second kappa shape index (κ2) is 4.65. The fourth-order valence-corrected chi connectivity index (χ4v) is 1.17. The maximum absolute atomic E-state index is 11.0. The zero-order valence-electron chi connectivity index (χ0n) is 7.79. The average Bonchev–Trinajstić information content (AvgIpc) is 2.16. The molecule has 0 saturated heterocycles. The SMILES string of the molecule is CCC(=O)CCc1ccccc1O. The highest BCUT2D eigenvalue weighted by Crippen LogP contribution is 2.17. The minimum absolute atomic E-state index is 0.239. The Bertz CT molecular complexity index is 292. The lowest BCUT2D eigenvalue weighted by Crippen LogP contribution is -1.97. The van der Waals surface area contributed by atoms with Crippen molar-refractivity contribution in [1.82, 2.24) is 0 Å². The van der Waals surface area contributed by atoms with Crippen molar-refractivity contribution < 1.29 is 9.90 Å². The van der Waals surface area contributed by atoms with Gasteiger partial charge in [-0.15, -0.1) is 0 Å². The molecule has 0 amide bonds. The number of carbonyl (C=O) groups is 1. The molecular weight excluding hydrogens is 164 g/mol. The summed E-state index contributed by atoms with van der Waals surface area (Å²) in [5.74, 6) is 0.523. The smallest absolute Gasteiger partial charge is 0.132 e. The van der Waals surface area contributed by atoms with Crippen LogP contribution in [0.5, 0.6) is 5.75 Å². The number of carbonyl (C=O) groups excluding carboxylic acids is 1. The molecule has 0 spiro atoms. The number of Topliss-reactive ketones (excluding diaryl/α,β-unsaturated/α-hetero) is 1. The van der Waals surface area contributed by atoms with E-state index in [4.69, 9.17) is 0 Å². The van der Waals surface area contributed by atoms with E-state index in [1.807, 2.05) is 19.1 Å². The number of benzene rings is 1. The first kappa shape index (κ1) is 9.78. The van der Waals surface area contributed by atoms with Crippen LogP contribution in [-0.4, -0.2) is 10.9 Å². The van der Waals surface area contributed by atoms with Crippen LogP contribution in [0.25, 0.3) is 0 Å². The third kappa shape index (κ3) is 2.90. The molecule has 0 aliphatic heterocycles. The zero-order chi connectivity index (χ0) is 9.68. The summed E-state index contributed by atoms with van der Waals surface area (Å²) in [6.07, 6.45) is 1.74. The van der Waals surface area contributed by atoms with Crippen molar-refractivity contribution >= 4 is 5.78 Å². The second-order valence-corrected chi connectivity index (χ2v) is 3.02. The summed E-state index contributed by atoms with van der Waals surface area (Å²) < 4.78 is 0. The molecular formula is C11H14O2. The molecule has 1 rings (SSSR count). The second-order valence-electron chi connectivity index (χ2n) is 3.02. The van der Waals surface area contributed by atoms with Crippen LogP contribution in [0.2, 0.25) is 0 Å². The topological polar surface area (TPSA) is 37.3 Å². The van der Waals surface area contributed by atoms with E-state index in [1.165, 1.54) is 0 Å². The lowest BCUT2D eigenvalue weighted by atomic mass is 10.1. The van der Waals surface area contributed by atoms with Gasteiger partial charge < -0.3 is 5.11 Å². The third-order valence-corrected chi connectivity index (χ3v) is 2.06. The molecule has 0 aromatic heterocycles. The molecule has 0 heterocycles. The Balaban J connectivity index is 2.54. The van der Waals surface area contributed by atoms with Crippen molar-refractivity contribution in [3.63, 3.8) is 0 Å². The largest absolute Gasteiger partial charge is 0.508 e. The number of ketones is 1. The highest BCUT2D eigenvalue weighted by molar-refractivity contribution is 5.78. The molecule has 70 valence electrons. The molecule has 2 heteroatoms. The average molecular weight is 178 g/mol. The number of aryl methyl sites for hydroxylation is 1. The molecule has 0 atom stereocenters. The Kier molecular flexibility index (Phi) is 3.50. The maximum Gasteiger partial charge on any atom is 0.132 e. The summed E-state index contributed by atoms with van der Waals surface area (Å²) in [5.41, 5.74) is 0.851. The molecule has 0 bridgehead atoms. The van der Waals surface area contributed by atoms with Crippen LogP contribution in [0.15, 0.2) is 24.3 Å². The van der Waals surface area contributed by atoms with E-state index >= 15 is 0 Å². The molecule has 0 unspecified atom stereocenters. The number of phenols is 1. The molecule has 13 heavy (non-hydrogen) atoms.